The molecule has 1 unspecified atom stereocenters. The Bertz CT molecular complexity index is 590. The summed E-state index contributed by atoms with van der Waals surface area (Å²) in [6.45, 7) is 2.80. The minimum Gasteiger partial charge on any atom is -0.326 e. The Morgan fingerprint density at radius 3 is 3.00 bits per heavy atom. The van der Waals surface area contributed by atoms with Gasteiger partial charge in [0.25, 0.3) is 0 Å². The SMILES string of the molecule is Cc1cc(CN)ccc1C1CCCc2cccnc21. The summed E-state index contributed by atoms with van der Waals surface area (Å²) in [4.78, 5) is 4.64. The molecule has 0 bridgehead atoms. The van der Waals surface area contributed by atoms with Crippen LogP contribution < -0.4 is 5.73 Å². The number of aromatic nitrogens is 1. The number of nitrogens with zero attached hydrogens (tertiary/aromatic N) is 1. The molecule has 1 heterocycles. The van der Waals surface area contributed by atoms with E-state index in [-0.39, 0.29) is 0 Å². The maximum Gasteiger partial charge on any atom is 0.0510 e. The number of benzene rings is 1. The molecule has 0 saturated heterocycles. The van der Waals surface area contributed by atoms with Crippen molar-refractivity contribution >= 4 is 0 Å². The van der Waals surface area contributed by atoms with E-state index in [9.17, 15) is 0 Å². The van der Waals surface area contributed by atoms with Crippen molar-refractivity contribution < 1.29 is 0 Å². The fourth-order valence-electron chi connectivity index (χ4n) is 3.17. The highest BCUT2D eigenvalue weighted by Gasteiger charge is 2.23. The molecule has 2 N–H and O–H groups in total. The van der Waals surface area contributed by atoms with E-state index in [1.165, 1.54) is 47.2 Å². The Balaban J connectivity index is 2.04. The number of aryl methyl sites for hydroxylation is 2. The van der Waals surface area contributed by atoms with Crippen molar-refractivity contribution in [2.24, 2.45) is 5.73 Å². The summed E-state index contributed by atoms with van der Waals surface area (Å²) in [5, 5.41) is 0. The highest BCUT2D eigenvalue weighted by atomic mass is 14.7. The van der Waals surface area contributed by atoms with Crippen molar-refractivity contribution in [3.8, 4) is 0 Å². The molecular formula is C17H20N2. The minimum atomic E-state index is 0.455. The van der Waals surface area contributed by atoms with Gasteiger partial charge in [0.1, 0.15) is 0 Å². The lowest BCUT2D eigenvalue weighted by Gasteiger charge is -2.26. The molecule has 2 aromatic rings. The number of nitrogens with two attached hydrogens (primary N) is 1. The molecule has 2 heteroatoms. The first-order chi connectivity index (χ1) is 9.29. The zero-order chi connectivity index (χ0) is 13.2. The van der Waals surface area contributed by atoms with Crippen LogP contribution in [0.3, 0.4) is 0 Å². The monoisotopic (exact) mass is 252 g/mol. The molecule has 0 spiro atoms. The second kappa shape index (κ2) is 5.14. The topological polar surface area (TPSA) is 38.9 Å². The van der Waals surface area contributed by atoms with Gasteiger partial charge in [-0.15, -0.1) is 0 Å². The molecule has 0 amide bonds. The van der Waals surface area contributed by atoms with Crippen LogP contribution in [0, 0.1) is 6.92 Å². The van der Waals surface area contributed by atoms with Crippen LogP contribution in [0.2, 0.25) is 0 Å². The number of hydrogen-bond donors (Lipinski definition) is 1. The van der Waals surface area contributed by atoms with Gasteiger partial charge in [-0.05, 0) is 54.5 Å². The number of rotatable bonds is 2. The zero-order valence-corrected chi connectivity index (χ0v) is 11.4. The van der Waals surface area contributed by atoms with E-state index < -0.39 is 0 Å². The second-order valence-corrected chi connectivity index (χ2v) is 5.39. The fraction of sp³-hybridized carbons (Fsp3) is 0.353. The van der Waals surface area contributed by atoms with Crippen LogP contribution in [0.25, 0.3) is 0 Å². The Kier molecular flexibility index (Phi) is 3.34. The standard InChI is InChI=1S/C17H20N2/c1-12-10-13(11-18)7-8-15(12)16-6-2-4-14-5-3-9-19-17(14)16/h3,5,7-10,16H,2,4,6,11,18H2,1H3. The van der Waals surface area contributed by atoms with Gasteiger partial charge in [-0.1, -0.05) is 24.3 Å². The predicted molar refractivity (Wildman–Crippen MR) is 78.1 cm³/mol. The third kappa shape index (κ3) is 2.28. The van der Waals surface area contributed by atoms with E-state index in [0.29, 0.717) is 12.5 Å². The predicted octanol–water partition coefficient (Wildman–Crippen LogP) is 3.32. The van der Waals surface area contributed by atoms with E-state index >= 15 is 0 Å². The zero-order valence-electron chi connectivity index (χ0n) is 11.4. The fourth-order valence-corrected chi connectivity index (χ4v) is 3.17. The summed E-state index contributed by atoms with van der Waals surface area (Å²) in [6.07, 6.45) is 5.54. The van der Waals surface area contributed by atoms with Crippen molar-refractivity contribution in [1.82, 2.24) is 4.98 Å². The van der Waals surface area contributed by atoms with Gasteiger partial charge < -0.3 is 5.73 Å². The third-order valence-electron chi connectivity index (χ3n) is 4.14. The van der Waals surface area contributed by atoms with Gasteiger partial charge in [-0.25, -0.2) is 0 Å². The molecule has 98 valence electrons. The minimum absolute atomic E-state index is 0.455. The molecule has 1 aliphatic carbocycles. The summed E-state index contributed by atoms with van der Waals surface area (Å²) in [5.41, 5.74) is 12.4. The van der Waals surface area contributed by atoms with Crippen LogP contribution in [0.4, 0.5) is 0 Å². The normalized spacial score (nSPS) is 18.1. The van der Waals surface area contributed by atoms with Crippen molar-refractivity contribution in [3.05, 3.63) is 64.5 Å². The summed E-state index contributed by atoms with van der Waals surface area (Å²) in [6, 6.07) is 10.9. The Labute approximate surface area is 114 Å². The largest absolute Gasteiger partial charge is 0.326 e. The molecule has 3 rings (SSSR count). The maximum atomic E-state index is 5.71. The van der Waals surface area contributed by atoms with Crippen LogP contribution >= 0.6 is 0 Å². The average Bonchev–Trinajstić information content (AvgIpc) is 2.46. The van der Waals surface area contributed by atoms with Crippen molar-refractivity contribution in [1.29, 1.82) is 0 Å². The summed E-state index contributed by atoms with van der Waals surface area (Å²) >= 11 is 0. The van der Waals surface area contributed by atoms with Crippen LogP contribution in [0.5, 0.6) is 0 Å². The van der Waals surface area contributed by atoms with Crippen LogP contribution in [0.1, 0.15) is 46.7 Å². The molecule has 1 aromatic carbocycles. The third-order valence-corrected chi connectivity index (χ3v) is 4.14. The lowest BCUT2D eigenvalue weighted by atomic mass is 9.80. The number of hydrogen-bond acceptors (Lipinski definition) is 2. The molecular weight excluding hydrogens is 232 g/mol. The summed E-state index contributed by atoms with van der Waals surface area (Å²) in [5.74, 6) is 0.455. The first-order valence-electron chi connectivity index (χ1n) is 7.03. The van der Waals surface area contributed by atoms with Gasteiger partial charge in [0.15, 0.2) is 0 Å². The van der Waals surface area contributed by atoms with E-state index in [4.69, 9.17) is 5.73 Å². The molecule has 0 aliphatic heterocycles. The van der Waals surface area contributed by atoms with Gasteiger partial charge in [0.05, 0.1) is 5.69 Å². The summed E-state index contributed by atoms with van der Waals surface area (Å²) in [7, 11) is 0. The number of pyridine rings is 1. The maximum absolute atomic E-state index is 5.71. The highest BCUT2D eigenvalue weighted by Crippen LogP contribution is 2.36. The van der Waals surface area contributed by atoms with Gasteiger partial charge in [-0.2, -0.15) is 0 Å². The second-order valence-electron chi connectivity index (χ2n) is 5.39. The van der Waals surface area contributed by atoms with E-state index in [2.05, 4.69) is 36.2 Å². The van der Waals surface area contributed by atoms with Gasteiger partial charge in [0.2, 0.25) is 0 Å². The van der Waals surface area contributed by atoms with Crippen LogP contribution in [0.15, 0.2) is 36.5 Å². The first kappa shape index (κ1) is 12.4. The van der Waals surface area contributed by atoms with E-state index in [1.54, 1.807) is 0 Å². The van der Waals surface area contributed by atoms with Gasteiger partial charge in [0, 0.05) is 18.7 Å². The lowest BCUT2D eigenvalue weighted by molar-refractivity contribution is 0.596. The smallest absolute Gasteiger partial charge is 0.0510 e. The van der Waals surface area contributed by atoms with Crippen molar-refractivity contribution in [2.45, 2.75) is 38.6 Å². The average molecular weight is 252 g/mol. The Morgan fingerprint density at radius 2 is 2.21 bits per heavy atom. The summed E-state index contributed by atoms with van der Waals surface area (Å²) < 4.78 is 0. The molecule has 1 aromatic heterocycles. The van der Waals surface area contributed by atoms with E-state index in [0.717, 1.165) is 0 Å². The Hall–Kier alpha value is -1.67. The number of fused-ring (bicyclic) bond motifs is 1. The Morgan fingerprint density at radius 1 is 1.32 bits per heavy atom. The molecule has 1 aliphatic rings. The van der Waals surface area contributed by atoms with E-state index in [1.807, 2.05) is 12.3 Å². The molecule has 0 fully saturated rings. The quantitative estimate of drug-likeness (QED) is 0.890. The molecule has 2 nitrogen and oxygen atoms in total. The molecule has 0 saturated carbocycles. The lowest BCUT2D eigenvalue weighted by Crippen LogP contribution is -2.14. The first-order valence-corrected chi connectivity index (χ1v) is 7.03. The molecule has 1 atom stereocenters. The van der Waals surface area contributed by atoms with Gasteiger partial charge >= 0.3 is 0 Å². The van der Waals surface area contributed by atoms with Crippen molar-refractivity contribution in [2.75, 3.05) is 0 Å². The highest BCUT2D eigenvalue weighted by molar-refractivity contribution is 5.41. The van der Waals surface area contributed by atoms with Crippen LogP contribution in [-0.4, -0.2) is 4.98 Å². The molecule has 19 heavy (non-hydrogen) atoms. The van der Waals surface area contributed by atoms with Crippen molar-refractivity contribution in [3.63, 3.8) is 0 Å². The van der Waals surface area contributed by atoms with Gasteiger partial charge in [-0.3, -0.25) is 4.98 Å². The molecule has 0 radical (unpaired) electrons. The van der Waals surface area contributed by atoms with Crippen LogP contribution in [-0.2, 0) is 13.0 Å².